The van der Waals surface area contributed by atoms with E-state index in [1.54, 1.807) is 18.2 Å². The fraction of sp³-hybridized carbons (Fsp3) is 0.316. The summed E-state index contributed by atoms with van der Waals surface area (Å²) < 4.78 is 5.89. The van der Waals surface area contributed by atoms with Crippen LogP contribution in [0.1, 0.15) is 38.5 Å². The van der Waals surface area contributed by atoms with Gasteiger partial charge >= 0.3 is 0 Å². The van der Waals surface area contributed by atoms with Crippen LogP contribution in [-0.2, 0) is 0 Å². The van der Waals surface area contributed by atoms with Gasteiger partial charge in [-0.15, -0.1) is 0 Å². The molecular weight excluding hydrogens is 274 g/mol. The molecule has 115 valence electrons. The highest BCUT2D eigenvalue weighted by molar-refractivity contribution is 5.39. The van der Waals surface area contributed by atoms with Crippen LogP contribution in [0, 0.1) is 5.92 Å². The van der Waals surface area contributed by atoms with Crippen molar-refractivity contribution in [1.82, 2.24) is 5.32 Å². The maximum absolute atomic E-state index is 9.54. The maximum atomic E-state index is 9.54. The predicted octanol–water partition coefficient (Wildman–Crippen LogP) is 4.58. The van der Waals surface area contributed by atoms with Gasteiger partial charge in [-0.05, 0) is 37.1 Å². The molecule has 0 spiro atoms. The number of hydrogen-bond acceptors (Lipinski definition) is 3. The smallest absolute Gasteiger partial charge is 0.131 e. The van der Waals surface area contributed by atoms with Crippen LogP contribution in [0.5, 0.6) is 11.5 Å². The standard InChI is InChI=1S/C19H22NO2/c21-16-9-5-10-17(13-16)22-18-11-6-12-20-19(14-18)15-7-3-1-2-4-8-15/h5-6,9-14,20-21H,1-4,7-8H2. The van der Waals surface area contributed by atoms with Crippen molar-refractivity contribution in [3.8, 4) is 11.5 Å². The van der Waals surface area contributed by atoms with Crippen molar-refractivity contribution in [2.24, 2.45) is 0 Å². The normalized spacial score (nSPS) is 19.5. The molecule has 0 atom stereocenters. The van der Waals surface area contributed by atoms with E-state index < -0.39 is 0 Å². The Morgan fingerprint density at radius 2 is 1.86 bits per heavy atom. The molecule has 1 aromatic carbocycles. The van der Waals surface area contributed by atoms with Crippen molar-refractivity contribution in [1.29, 1.82) is 0 Å². The largest absolute Gasteiger partial charge is 0.508 e. The molecule has 1 aromatic rings. The molecule has 0 unspecified atom stereocenters. The summed E-state index contributed by atoms with van der Waals surface area (Å²) in [6, 6.07) is 6.88. The lowest BCUT2D eigenvalue weighted by atomic mass is 9.96. The zero-order valence-electron chi connectivity index (χ0n) is 12.7. The van der Waals surface area contributed by atoms with Gasteiger partial charge in [0, 0.05) is 30.0 Å². The summed E-state index contributed by atoms with van der Waals surface area (Å²) in [5.74, 6) is 3.11. The quantitative estimate of drug-likeness (QED) is 0.802. The number of hydrogen-bond donors (Lipinski definition) is 2. The molecule has 0 saturated heterocycles. The van der Waals surface area contributed by atoms with Crippen molar-refractivity contribution in [2.45, 2.75) is 38.5 Å². The third-order valence-corrected chi connectivity index (χ3v) is 4.02. The average Bonchev–Trinajstić information content (AvgIpc) is 2.90. The van der Waals surface area contributed by atoms with Crippen LogP contribution in [0.2, 0.25) is 0 Å². The maximum Gasteiger partial charge on any atom is 0.131 e. The number of aromatic hydroxyl groups is 1. The average molecular weight is 296 g/mol. The van der Waals surface area contributed by atoms with E-state index in [2.05, 4.69) is 11.4 Å². The van der Waals surface area contributed by atoms with Crippen molar-refractivity contribution in [2.75, 3.05) is 0 Å². The fourth-order valence-electron chi connectivity index (χ4n) is 2.89. The first-order valence-corrected chi connectivity index (χ1v) is 7.98. The first kappa shape index (κ1) is 14.8. The molecule has 2 aliphatic rings. The van der Waals surface area contributed by atoms with Crippen LogP contribution < -0.4 is 10.1 Å². The Balaban J connectivity index is 1.76. The van der Waals surface area contributed by atoms with Crippen LogP contribution in [0.25, 0.3) is 0 Å². The van der Waals surface area contributed by atoms with Crippen LogP contribution in [0.3, 0.4) is 0 Å². The van der Waals surface area contributed by atoms with Gasteiger partial charge in [-0.25, -0.2) is 0 Å². The van der Waals surface area contributed by atoms with E-state index in [-0.39, 0.29) is 5.75 Å². The fourth-order valence-corrected chi connectivity index (χ4v) is 2.89. The Morgan fingerprint density at radius 1 is 1.05 bits per heavy atom. The molecule has 3 heteroatoms. The Kier molecular flexibility index (Phi) is 4.84. The van der Waals surface area contributed by atoms with E-state index in [0.717, 1.165) is 24.3 Å². The van der Waals surface area contributed by atoms with Gasteiger partial charge in [-0.1, -0.05) is 31.7 Å². The van der Waals surface area contributed by atoms with Gasteiger partial charge < -0.3 is 15.2 Å². The van der Waals surface area contributed by atoms with E-state index >= 15 is 0 Å². The predicted molar refractivity (Wildman–Crippen MR) is 88.1 cm³/mol. The molecule has 1 aliphatic heterocycles. The Labute approximate surface area is 132 Å². The van der Waals surface area contributed by atoms with Gasteiger partial charge in [-0.2, -0.15) is 0 Å². The third-order valence-electron chi connectivity index (χ3n) is 4.02. The Bertz CT molecular complexity index is 593. The summed E-state index contributed by atoms with van der Waals surface area (Å²) in [6.45, 7) is 0. The molecule has 2 N–H and O–H groups in total. The summed E-state index contributed by atoms with van der Waals surface area (Å²) in [6.07, 6.45) is 15.4. The second-order valence-electron chi connectivity index (χ2n) is 5.75. The molecule has 1 heterocycles. The summed E-state index contributed by atoms with van der Waals surface area (Å²) in [4.78, 5) is 0. The number of phenols is 1. The van der Waals surface area contributed by atoms with Gasteiger partial charge in [0.25, 0.3) is 0 Å². The molecule has 3 nitrogen and oxygen atoms in total. The summed E-state index contributed by atoms with van der Waals surface area (Å²) in [5, 5.41) is 12.9. The molecule has 1 radical (unpaired) electrons. The zero-order chi connectivity index (χ0) is 15.2. The van der Waals surface area contributed by atoms with E-state index in [9.17, 15) is 5.11 Å². The number of benzene rings is 1. The van der Waals surface area contributed by atoms with Gasteiger partial charge in [0.15, 0.2) is 0 Å². The lowest BCUT2D eigenvalue weighted by molar-refractivity contribution is 0.432. The minimum atomic E-state index is 0.211. The number of allylic oxidation sites excluding steroid dienone is 4. The molecule has 1 aliphatic carbocycles. The third kappa shape index (κ3) is 3.94. The van der Waals surface area contributed by atoms with Crippen LogP contribution >= 0.6 is 0 Å². The first-order chi connectivity index (χ1) is 10.8. The topological polar surface area (TPSA) is 41.5 Å². The molecular formula is C19H22NO2. The van der Waals surface area contributed by atoms with Crippen molar-refractivity contribution >= 4 is 0 Å². The monoisotopic (exact) mass is 296 g/mol. The zero-order valence-corrected chi connectivity index (χ0v) is 12.7. The van der Waals surface area contributed by atoms with E-state index in [0.29, 0.717) is 5.75 Å². The second kappa shape index (κ2) is 7.21. The van der Waals surface area contributed by atoms with Crippen LogP contribution in [0.4, 0.5) is 0 Å². The number of ether oxygens (including phenoxy) is 1. The molecule has 0 bridgehead atoms. The summed E-state index contributed by atoms with van der Waals surface area (Å²) in [5.41, 5.74) is 1.15. The molecule has 1 fully saturated rings. The Hall–Kier alpha value is -2.16. The number of nitrogens with one attached hydrogen (secondary N) is 1. The minimum Gasteiger partial charge on any atom is -0.508 e. The van der Waals surface area contributed by atoms with Gasteiger partial charge in [-0.3, -0.25) is 0 Å². The highest BCUT2D eigenvalue weighted by Crippen LogP contribution is 2.31. The second-order valence-corrected chi connectivity index (χ2v) is 5.75. The molecule has 0 aromatic heterocycles. The molecule has 3 rings (SSSR count). The first-order valence-electron chi connectivity index (χ1n) is 7.98. The summed E-state index contributed by atoms with van der Waals surface area (Å²) >= 11 is 0. The lowest BCUT2D eigenvalue weighted by Gasteiger charge is -2.18. The van der Waals surface area contributed by atoms with Crippen molar-refractivity contribution < 1.29 is 9.84 Å². The minimum absolute atomic E-state index is 0.211. The van der Waals surface area contributed by atoms with Gasteiger partial charge in [0.05, 0.1) is 0 Å². The van der Waals surface area contributed by atoms with Gasteiger partial charge in [0.2, 0.25) is 0 Å². The van der Waals surface area contributed by atoms with E-state index in [4.69, 9.17) is 4.74 Å². The highest BCUT2D eigenvalue weighted by atomic mass is 16.5. The SMILES string of the molecule is Oc1cccc(OC2=CC=CNC([C]3CCCCCC3)=C2)c1. The number of phenolic OH excluding ortho intramolecular Hbond substituents is 1. The number of rotatable bonds is 3. The van der Waals surface area contributed by atoms with Gasteiger partial charge in [0.1, 0.15) is 17.3 Å². The summed E-state index contributed by atoms with van der Waals surface area (Å²) in [7, 11) is 0. The Morgan fingerprint density at radius 3 is 2.64 bits per heavy atom. The molecule has 1 saturated carbocycles. The highest BCUT2D eigenvalue weighted by Gasteiger charge is 2.18. The molecule has 22 heavy (non-hydrogen) atoms. The van der Waals surface area contributed by atoms with Crippen molar-refractivity contribution in [3.63, 3.8) is 0 Å². The van der Waals surface area contributed by atoms with Crippen molar-refractivity contribution in [3.05, 3.63) is 66.1 Å². The van der Waals surface area contributed by atoms with E-state index in [1.807, 2.05) is 24.4 Å². The van der Waals surface area contributed by atoms with Crippen LogP contribution in [0.15, 0.2) is 60.1 Å². The van der Waals surface area contributed by atoms with E-state index in [1.165, 1.54) is 31.6 Å². The lowest BCUT2D eigenvalue weighted by Crippen LogP contribution is -2.13. The van der Waals surface area contributed by atoms with Crippen LogP contribution in [-0.4, -0.2) is 5.11 Å². The molecule has 0 amide bonds.